The maximum Gasteiger partial charge on any atom is 0.260 e. The highest BCUT2D eigenvalue weighted by atomic mass is 16.2. The lowest BCUT2D eigenvalue weighted by Crippen LogP contribution is -2.33. The first kappa shape index (κ1) is 20.2. The summed E-state index contributed by atoms with van der Waals surface area (Å²) < 4.78 is 0. The van der Waals surface area contributed by atoms with E-state index in [-0.39, 0.29) is 5.91 Å². The Morgan fingerprint density at radius 1 is 1.22 bits per heavy atom. The van der Waals surface area contributed by atoms with Crippen molar-refractivity contribution in [2.75, 3.05) is 19.0 Å². The molecule has 1 aromatic carbocycles. The second kappa shape index (κ2) is 8.99. The molecule has 1 heterocycles. The zero-order valence-electron chi connectivity index (χ0n) is 16.6. The van der Waals surface area contributed by atoms with Crippen LogP contribution in [0.25, 0.3) is 5.57 Å². The minimum atomic E-state index is -0.0638. The zero-order chi connectivity index (χ0) is 20.0. The van der Waals surface area contributed by atoms with E-state index in [4.69, 9.17) is 0 Å². The van der Waals surface area contributed by atoms with Crippen LogP contribution >= 0.6 is 0 Å². The Hall–Kier alpha value is -3.14. The molecule has 27 heavy (non-hydrogen) atoms. The third kappa shape index (κ3) is 4.00. The van der Waals surface area contributed by atoms with Crippen LogP contribution in [0.2, 0.25) is 0 Å². The van der Waals surface area contributed by atoms with E-state index in [2.05, 4.69) is 18.2 Å². The summed E-state index contributed by atoms with van der Waals surface area (Å²) in [5.41, 5.74) is 4.19. The summed E-state index contributed by atoms with van der Waals surface area (Å²) in [6.07, 6.45) is 12.0. The second-order valence-corrected chi connectivity index (χ2v) is 6.15. The van der Waals surface area contributed by atoms with Gasteiger partial charge in [0.25, 0.3) is 5.91 Å². The Bertz CT molecular complexity index is 872. The number of rotatable bonds is 5. The van der Waals surface area contributed by atoms with Gasteiger partial charge in [-0.3, -0.25) is 4.79 Å². The normalized spacial score (nSPS) is 18.2. The van der Waals surface area contributed by atoms with Gasteiger partial charge >= 0.3 is 0 Å². The van der Waals surface area contributed by atoms with E-state index in [1.54, 1.807) is 18.0 Å². The first-order chi connectivity index (χ1) is 13.0. The lowest BCUT2D eigenvalue weighted by atomic mass is 10.00. The molecule has 1 aliphatic heterocycles. The molecule has 0 aromatic heterocycles. The van der Waals surface area contributed by atoms with Gasteiger partial charge in [0.05, 0.1) is 16.9 Å². The number of amidine groups is 1. The van der Waals surface area contributed by atoms with Crippen LogP contribution in [-0.2, 0) is 0 Å². The van der Waals surface area contributed by atoms with Crippen LogP contribution in [0.3, 0.4) is 0 Å². The number of nitrogens with zero attached hydrogens (tertiary/aromatic N) is 3. The first-order valence-corrected chi connectivity index (χ1v) is 9.00. The van der Waals surface area contributed by atoms with Crippen LogP contribution in [0.1, 0.15) is 36.2 Å². The fraction of sp³-hybridized carbons (Fsp3) is 0.217. The molecule has 4 nitrogen and oxygen atoms in total. The summed E-state index contributed by atoms with van der Waals surface area (Å²) in [6, 6.07) is 5.91. The van der Waals surface area contributed by atoms with Crippen molar-refractivity contribution in [3.05, 3.63) is 84.8 Å². The van der Waals surface area contributed by atoms with Crippen LogP contribution in [0, 0.1) is 0 Å². The van der Waals surface area contributed by atoms with Gasteiger partial charge in [0, 0.05) is 20.3 Å². The molecule has 0 spiro atoms. The predicted octanol–water partition coefficient (Wildman–Crippen LogP) is 5.19. The maximum absolute atomic E-state index is 13.2. The monoisotopic (exact) mass is 361 g/mol. The largest absolute Gasteiger partial charge is 0.327 e. The molecule has 0 saturated carbocycles. The SMILES string of the molecule is C=C/C=C(\C=C/C)c1ccc2c(c1)C(=O)N(C)C(=C/CC)/C(=N\C=C)N2C. The first-order valence-electron chi connectivity index (χ1n) is 9.00. The highest BCUT2D eigenvalue weighted by Gasteiger charge is 2.30. The Kier molecular flexibility index (Phi) is 6.72. The predicted molar refractivity (Wildman–Crippen MR) is 116 cm³/mol. The number of carbonyl (C=O) groups excluding carboxylic acids is 1. The van der Waals surface area contributed by atoms with Crippen molar-refractivity contribution in [3.63, 3.8) is 0 Å². The lowest BCUT2D eigenvalue weighted by molar-refractivity contribution is 0.0845. The van der Waals surface area contributed by atoms with Crippen LogP contribution in [0.4, 0.5) is 5.69 Å². The van der Waals surface area contributed by atoms with E-state index in [0.29, 0.717) is 11.4 Å². The number of carbonyl (C=O) groups is 1. The molecule has 0 unspecified atom stereocenters. The Morgan fingerprint density at radius 2 is 1.96 bits per heavy atom. The number of amides is 1. The van der Waals surface area contributed by atoms with Gasteiger partial charge < -0.3 is 9.80 Å². The number of anilines is 1. The minimum Gasteiger partial charge on any atom is -0.327 e. The maximum atomic E-state index is 13.2. The average molecular weight is 361 g/mol. The third-order valence-corrected chi connectivity index (χ3v) is 4.39. The Morgan fingerprint density at radius 3 is 2.56 bits per heavy atom. The van der Waals surface area contributed by atoms with Crippen molar-refractivity contribution >= 4 is 23.0 Å². The molecule has 0 bridgehead atoms. The highest BCUT2D eigenvalue weighted by Crippen LogP contribution is 2.31. The molecule has 1 aliphatic rings. The molecule has 1 amide bonds. The molecular formula is C23H27N3O. The van der Waals surface area contributed by atoms with Gasteiger partial charge in [0.15, 0.2) is 5.84 Å². The number of allylic oxidation sites excluding steroid dienone is 6. The molecular weight excluding hydrogens is 334 g/mol. The molecule has 1 aromatic rings. The molecule has 4 heteroatoms. The number of fused-ring (bicyclic) bond motifs is 1. The fourth-order valence-electron chi connectivity index (χ4n) is 3.12. The van der Waals surface area contributed by atoms with Gasteiger partial charge in [-0.15, -0.1) is 0 Å². The number of hydrogen-bond acceptors (Lipinski definition) is 2. The van der Waals surface area contributed by atoms with Gasteiger partial charge in [0.2, 0.25) is 0 Å². The van der Waals surface area contributed by atoms with Crippen molar-refractivity contribution < 1.29 is 4.79 Å². The molecule has 0 saturated heterocycles. The summed E-state index contributed by atoms with van der Waals surface area (Å²) in [5, 5.41) is 0. The molecule has 0 radical (unpaired) electrons. The number of hydrogen-bond donors (Lipinski definition) is 0. The van der Waals surface area contributed by atoms with E-state index in [1.165, 1.54) is 6.20 Å². The highest BCUT2D eigenvalue weighted by molar-refractivity contribution is 6.18. The molecule has 0 atom stereocenters. The molecule has 0 N–H and O–H groups in total. The fourth-order valence-corrected chi connectivity index (χ4v) is 3.12. The molecule has 2 rings (SSSR count). The van der Waals surface area contributed by atoms with Gasteiger partial charge in [-0.05, 0) is 36.6 Å². The van der Waals surface area contributed by atoms with E-state index in [0.717, 1.165) is 28.9 Å². The number of aliphatic imine (C=N–C) groups is 1. The smallest absolute Gasteiger partial charge is 0.260 e. The van der Waals surface area contributed by atoms with Crippen molar-refractivity contribution in [1.29, 1.82) is 0 Å². The summed E-state index contributed by atoms with van der Waals surface area (Å²) in [7, 11) is 3.70. The Balaban J connectivity index is 2.72. The van der Waals surface area contributed by atoms with Crippen molar-refractivity contribution in [1.82, 2.24) is 4.90 Å². The van der Waals surface area contributed by atoms with Crippen molar-refractivity contribution in [2.24, 2.45) is 4.99 Å². The quantitative estimate of drug-likeness (QED) is 0.677. The molecule has 140 valence electrons. The number of likely N-dealkylation sites (N-methyl/N-ethyl adjacent to an activating group) is 2. The van der Waals surface area contributed by atoms with Crippen LogP contribution in [0.5, 0.6) is 0 Å². The summed E-state index contributed by atoms with van der Waals surface area (Å²) in [5.74, 6) is 0.635. The summed E-state index contributed by atoms with van der Waals surface area (Å²) >= 11 is 0. The molecule has 0 fully saturated rings. The van der Waals surface area contributed by atoms with E-state index >= 15 is 0 Å². The van der Waals surface area contributed by atoms with E-state index in [1.807, 2.05) is 68.3 Å². The lowest BCUT2D eigenvalue weighted by Gasteiger charge is -2.23. The minimum absolute atomic E-state index is 0.0638. The summed E-state index contributed by atoms with van der Waals surface area (Å²) in [4.78, 5) is 21.3. The standard InChI is InChI=1S/C23H27N3O/c1-7-11-17(12-8-2)18-14-15-20-19(16-18)23(27)26(6)21(13-9-3)22(24-10-4)25(20)5/h7-8,10-16H,1,4,9H2,2-3,5-6H3/b12-8-,17-11+,21-13+,24-22+. The van der Waals surface area contributed by atoms with Gasteiger partial charge in [-0.1, -0.05) is 56.5 Å². The van der Waals surface area contributed by atoms with E-state index in [9.17, 15) is 4.79 Å². The van der Waals surface area contributed by atoms with Gasteiger partial charge in [-0.2, -0.15) is 0 Å². The topological polar surface area (TPSA) is 35.9 Å². The molecule has 0 aliphatic carbocycles. The van der Waals surface area contributed by atoms with Crippen molar-refractivity contribution in [3.8, 4) is 0 Å². The van der Waals surface area contributed by atoms with Crippen molar-refractivity contribution in [2.45, 2.75) is 20.3 Å². The second-order valence-electron chi connectivity index (χ2n) is 6.15. The average Bonchev–Trinajstić information content (AvgIpc) is 2.74. The van der Waals surface area contributed by atoms with Gasteiger partial charge in [0.1, 0.15) is 0 Å². The summed E-state index contributed by atoms with van der Waals surface area (Å²) in [6.45, 7) is 11.5. The third-order valence-electron chi connectivity index (χ3n) is 4.39. The van der Waals surface area contributed by atoms with Gasteiger partial charge in [-0.25, -0.2) is 4.99 Å². The van der Waals surface area contributed by atoms with Crippen LogP contribution in [0.15, 0.2) is 78.6 Å². The Labute approximate surface area is 162 Å². The zero-order valence-corrected chi connectivity index (χ0v) is 16.6. The number of benzene rings is 1. The van der Waals surface area contributed by atoms with Crippen LogP contribution < -0.4 is 4.90 Å². The van der Waals surface area contributed by atoms with E-state index < -0.39 is 0 Å². The van der Waals surface area contributed by atoms with Crippen LogP contribution in [-0.4, -0.2) is 30.7 Å².